The second-order valence-electron chi connectivity index (χ2n) is 8.09. The van der Waals surface area contributed by atoms with Crippen LogP contribution in [-0.2, 0) is 26.2 Å². The van der Waals surface area contributed by atoms with Crippen LogP contribution in [0.4, 0.5) is 5.69 Å². The van der Waals surface area contributed by atoms with Crippen LogP contribution in [0.5, 0.6) is 0 Å². The third-order valence-electron chi connectivity index (χ3n) is 5.63. The van der Waals surface area contributed by atoms with Gasteiger partial charge in [-0.15, -0.1) is 0 Å². The predicted molar refractivity (Wildman–Crippen MR) is 155 cm³/mol. The van der Waals surface area contributed by atoms with Crippen molar-refractivity contribution in [3.63, 3.8) is 0 Å². The van der Waals surface area contributed by atoms with Crippen molar-refractivity contribution in [1.82, 2.24) is 10.2 Å². The molecule has 11 heteroatoms. The molecule has 0 spiro atoms. The Morgan fingerprint density at radius 2 is 1.54 bits per heavy atom. The van der Waals surface area contributed by atoms with Gasteiger partial charge in [0.1, 0.15) is 12.6 Å². The van der Waals surface area contributed by atoms with Gasteiger partial charge in [-0.25, -0.2) is 8.42 Å². The SMILES string of the molecule is CCNC(=O)[C@H](C)N(Cc1c(Cl)cccc1Cl)C(=O)CN(c1ccc(I)cc1)S(=O)(=O)c1ccccc1. The standard InChI is InChI=1S/C26H26Cl2IN3O4S/c1-3-30-26(34)18(2)31(16-22-23(27)10-7-11-24(22)28)25(33)17-32(20-14-12-19(29)13-15-20)37(35,36)21-8-5-4-6-9-21/h4-15,18H,3,16-17H2,1-2H3,(H,30,34)/t18-/m0/s1. The van der Waals surface area contributed by atoms with E-state index in [1.807, 2.05) is 0 Å². The van der Waals surface area contributed by atoms with Gasteiger partial charge in [0.15, 0.2) is 0 Å². The number of carbonyl (C=O) groups is 2. The quantitative estimate of drug-likeness (QED) is 0.294. The lowest BCUT2D eigenvalue weighted by molar-refractivity contribution is -0.139. The van der Waals surface area contributed by atoms with Gasteiger partial charge < -0.3 is 10.2 Å². The fourth-order valence-electron chi connectivity index (χ4n) is 3.61. The monoisotopic (exact) mass is 673 g/mol. The molecule has 0 saturated heterocycles. The molecular formula is C26H26Cl2IN3O4S. The number of amides is 2. The number of nitrogens with zero attached hydrogens (tertiary/aromatic N) is 2. The summed E-state index contributed by atoms with van der Waals surface area (Å²) in [7, 11) is -4.11. The number of rotatable bonds is 10. The third-order valence-corrected chi connectivity index (χ3v) is 8.85. The van der Waals surface area contributed by atoms with E-state index in [0.29, 0.717) is 27.8 Å². The highest BCUT2D eigenvalue weighted by molar-refractivity contribution is 14.1. The first kappa shape index (κ1) is 29.2. The first-order valence-electron chi connectivity index (χ1n) is 11.4. The van der Waals surface area contributed by atoms with Gasteiger partial charge in [-0.2, -0.15) is 0 Å². The van der Waals surface area contributed by atoms with E-state index >= 15 is 0 Å². The maximum absolute atomic E-state index is 13.8. The molecule has 1 atom stereocenters. The lowest BCUT2D eigenvalue weighted by atomic mass is 10.1. The minimum atomic E-state index is -4.11. The highest BCUT2D eigenvalue weighted by Gasteiger charge is 2.33. The number of sulfonamides is 1. The van der Waals surface area contributed by atoms with Crippen LogP contribution in [0.3, 0.4) is 0 Å². The van der Waals surface area contributed by atoms with E-state index in [0.717, 1.165) is 7.88 Å². The van der Waals surface area contributed by atoms with Crippen LogP contribution in [0.1, 0.15) is 19.4 Å². The minimum Gasteiger partial charge on any atom is -0.355 e. The fraction of sp³-hybridized carbons (Fsp3) is 0.231. The Kier molecular flexibility index (Phi) is 10.2. The highest BCUT2D eigenvalue weighted by atomic mass is 127. The van der Waals surface area contributed by atoms with Gasteiger partial charge >= 0.3 is 0 Å². The molecule has 3 rings (SSSR count). The van der Waals surface area contributed by atoms with Crippen LogP contribution in [0.25, 0.3) is 0 Å². The Hall–Kier alpha value is -2.34. The molecule has 3 aromatic carbocycles. The lowest BCUT2D eigenvalue weighted by Gasteiger charge is -2.32. The average molecular weight is 674 g/mol. The van der Waals surface area contributed by atoms with Gasteiger partial charge in [0.25, 0.3) is 10.0 Å². The van der Waals surface area contributed by atoms with Crippen LogP contribution in [-0.4, -0.2) is 44.3 Å². The molecule has 0 heterocycles. The number of anilines is 1. The molecular weight excluding hydrogens is 648 g/mol. The molecule has 0 radical (unpaired) electrons. The van der Waals surface area contributed by atoms with Gasteiger partial charge in [-0.05, 0) is 85.0 Å². The van der Waals surface area contributed by atoms with Crippen molar-refractivity contribution in [1.29, 1.82) is 0 Å². The van der Waals surface area contributed by atoms with Crippen molar-refractivity contribution in [2.45, 2.75) is 31.3 Å². The Balaban J connectivity index is 2.05. The van der Waals surface area contributed by atoms with Crippen molar-refractivity contribution in [2.75, 3.05) is 17.4 Å². The number of likely N-dealkylation sites (N-methyl/N-ethyl adjacent to an activating group) is 1. The smallest absolute Gasteiger partial charge is 0.264 e. The molecule has 0 aliphatic heterocycles. The van der Waals surface area contributed by atoms with Crippen LogP contribution in [0, 0.1) is 3.57 Å². The summed E-state index contributed by atoms with van der Waals surface area (Å²) >= 11 is 14.8. The first-order valence-corrected chi connectivity index (χ1v) is 14.7. The maximum atomic E-state index is 13.8. The van der Waals surface area contributed by atoms with Gasteiger partial charge in [-0.1, -0.05) is 47.5 Å². The average Bonchev–Trinajstić information content (AvgIpc) is 2.88. The molecule has 3 aromatic rings. The summed E-state index contributed by atoms with van der Waals surface area (Å²) in [6.07, 6.45) is 0. The summed E-state index contributed by atoms with van der Waals surface area (Å²) in [4.78, 5) is 27.9. The number of halogens is 3. The molecule has 0 fully saturated rings. The molecule has 2 amide bonds. The van der Waals surface area contributed by atoms with Crippen molar-refractivity contribution in [2.24, 2.45) is 0 Å². The number of hydrogen-bond donors (Lipinski definition) is 1. The van der Waals surface area contributed by atoms with Crippen LogP contribution >= 0.6 is 45.8 Å². The van der Waals surface area contributed by atoms with Crippen molar-refractivity contribution in [3.8, 4) is 0 Å². The van der Waals surface area contributed by atoms with Crippen molar-refractivity contribution in [3.05, 3.63) is 92.0 Å². The summed E-state index contributed by atoms with van der Waals surface area (Å²) < 4.78 is 29.3. The van der Waals surface area contributed by atoms with Crippen LogP contribution in [0.15, 0.2) is 77.7 Å². The largest absolute Gasteiger partial charge is 0.355 e. The molecule has 0 aromatic heterocycles. The molecule has 196 valence electrons. The molecule has 0 saturated carbocycles. The van der Waals surface area contributed by atoms with E-state index in [2.05, 4.69) is 27.9 Å². The summed E-state index contributed by atoms with van der Waals surface area (Å²) in [5.74, 6) is -0.974. The number of benzene rings is 3. The van der Waals surface area contributed by atoms with Crippen molar-refractivity contribution >= 4 is 73.3 Å². The van der Waals surface area contributed by atoms with E-state index < -0.39 is 28.5 Å². The van der Waals surface area contributed by atoms with Gasteiger partial charge in [0.2, 0.25) is 11.8 Å². The third kappa shape index (κ3) is 7.16. The summed E-state index contributed by atoms with van der Waals surface area (Å²) in [6.45, 7) is 3.10. The second kappa shape index (κ2) is 12.9. The highest BCUT2D eigenvalue weighted by Crippen LogP contribution is 2.28. The number of hydrogen-bond acceptors (Lipinski definition) is 4. The van der Waals surface area contributed by atoms with E-state index in [4.69, 9.17) is 23.2 Å². The summed E-state index contributed by atoms with van der Waals surface area (Å²) in [5, 5.41) is 3.38. The molecule has 1 N–H and O–H groups in total. The zero-order chi connectivity index (χ0) is 27.2. The molecule has 0 aliphatic rings. The Morgan fingerprint density at radius 1 is 0.946 bits per heavy atom. The zero-order valence-electron chi connectivity index (χ0n) is 20.2. The topological polar surface area (TPSA) is 86.8 Å². The first-order chi connectivity index (χ1) is 17.6. The Labute approximate surface area is 240 Å². The van der Waals surface area contributed by atoms with E-state index in [1.165, 1.54) is 17.0 Å². The summed E-state index contributed by atoms with van der Waals surface area (Å²) in [5.41, 5.74) is 0.779. The fourth-order valence-corrected chi connectivity index (χ4v) is 5.93. The molecule has 0 bridgehead atoms. The van der Waals surface area contributed by atoms with Crippen LogP contribution < -0.4 is 9.62 Å². The van der Waals surface area contributed by atoms with Crippen molar-refractivity contribution < 1.29 is 18.0 Å². The Bertz CT molecular complexity index is 1340. The molecule has 37 heavy (non-hydrogen) atoms. The normalized spacial score (nSPS) is 12.0. The maximum Gasteiger partial charge on any atom is 0.264 e. The summed E-state index contributed by atoms with van der Waals surface area (Å²) in [6, 6.07) is 18.7. The Morgan fingerprint density at radius 3 is 2.11 bits per heavy atom. The molecule has 0 aliphatic carbocycles. The van der Waals surface area contributed by atoms with Gasteiger partial charge in [0.05, 0.1) is 10.6 Å². The lowest BCUT2D eigenvalue weighted by Crippen LogP contribution is -2.51. The van der Waals surface area contributed by atoms with E-state index in [1.54, 1.807) is 74.5 Å². The zero-order valence-corrected chi connectivity index (χ0v) is 24.7. The minimum absolute atomic E-state index is 0.0406. The predicted octanol–water partition coefficient (Wildman–Crippen LogP) is 5.35. The molecule has 0 unspecified atom stereocenters. The van der Waals surface area contributed by atoms with E-state index in [-0.39, 0.29) is 17.3 Å². The van der Waals surface area contributed by atoms with Gasteiger partial charge in [0, 0.05) is 32.3 Å². The number of carbonyl (C=O) groups excluding carboxylic acids is 2. The van der Waals surface area contributed by atoms with Gasteiger partial charge in [-0.3, -0.25) is 13.9 Å². The number of nitrogens with one attached hydrogen (secondary N) is 1. The van der Waals surface area contributed by atoms with Crippen LogP contribution in [0.2, 0.25) is 10.0 Å². The van der Waals surface area contributed by atoms with E-state index in [9.17, 15) is 18.0 Å². The second-order valence-corrected chi connectivity index (χ2v) is 12.0. The molecule has 7 nitrogen and oxygen atoms in total.